The molecule has 0 aliphatic rings. The highest BCUT2D eigenvalue weighted by atomic mass is 16.3. The Labute approximate surface area is 118 Å². The number of nitrogens with one attached hydrogen (secondary N) is 1. The molecule has 1 unspecified atom stereocenters. The molecule has 2 nitrogen and oxygen atoms in total. The standard InChI is InChI=1S/C17H29NO/c1-13(2)9-15-5-7-16(8-6-15)11-18-12-17(19)10-14(3)4/h5-8,13-14,17-19H,9-12H2,1-4H3. The van der Waals surface area contributed by atoms with E-state index in [2.05, 4.69) is 57.3 Å². The fourth-order valence-corrected chi connectivity index (χ4v) is 2.28. The van der Waals surface area contributed by atoms with Gasteiger partial charge in [-0.2, -0.15) is 0 Å². The molecule has 0 aliphatic heterocycles. The maximum atomic E-state index is 9.78. The molecular weight excluding hydrogens is 234 g/mol. The summed E-state index contributed by atoms with van der Waals surface area (Å²) in [5.41, 5.74) is 2.68. The maximum absolute atomic E-state index is 9.78. The van der Waals surface area contributed by atoms with Crippen molar-refractivity contribution in [2.45, 2.75) is 53.2 Å². The van der Waals surface area contributed by atoms with Gasteiger partial charge >= 0.3 is 0 Å². The van der Waals surface area contributed by atoms with Crippen LogP contribution < -0.4 is 5.32 Å². The summed E-state index contributed by atoms with van der Waals surface area (Å²) < 4.78 is 0. The van der Waals surface area contributed by atoms with E-state index in [0.717, 1.165) is 19.4 Å². The lowest BCUT2D eigenvalue weighted by atomic mass is 10.0. The highest BCUT2D eigenvalue weighted by Crippen LogP contribution is 2.10. The predicted octanol–water partition coefficient (Wildman–Crippen LogP) is 3.38. The van der Waals surface area contributed by atoms with Crippen LogP contribution in [0, 0.1) is 11.8 Å². The van der Waals surface area contributed by atoms with Crippen molar-refractivity contribution < 1.29 is 5.11 Å². The largest absolute Gasteiger partial charge is 0.392 e. The van der Waals surface area contributed by atoms with Crippen LogP contribution in [0.5, 0.6) is 0 Å². The van der Waals surface area contributed by atoms with Crippen molar-refractivity contribution in [1.29, 1.82) is 0 Å². The van der Waals surface area contributed by atoms with Crippen molar-refractivity contribution in [3.8, 4) is 0 Å². The third kappa shape index (κ3) is 7.34. The summed E-state index contributed by atoms with van der Waals surface area (Å²) in [5, 5.41) is 13.1. The third-order valence-electron chi connectivity index (χ3n) is 3.12. The van der Waals surface area contributed by atoms with E-state index in [0.29, 0.717) is 18.4 Å². The second-order valence-corrected chi connectivity index (χ2v) is 6.33. The molecule has 1 aromatic rings. The molecule has 0 bridgehead atoms. The van der Waals surface area contributed by atoms with E-state index < -0.39 is 0 Å². The lowest BCUT2D eigenvalue weighted by molar-refractivity contribution is 0.146. The normalized spacial score (nSPS) is 13.2. The summed E-state index contributed by atoms with van der Waals surface area (Å²) in [6.07, 6.45) is 1.77. The quantitative estimate of drug-likeness (QED) is 0.753. The molecule has 0 fully saturated rings. The summed E-state index contributed by atoms with van der Waals surface area (Å²) in [6, 6.07) is 8.78. The van der Waals surface area contributed by atoms with Crippen LogP contribution >= 0.6 is 0 Å². The van der Waals surface area contributed by atoms with Gasteiger partial charge in [-0.3, -0.25) is 0 Å². The first-order valence-electron chi connectivity index (χ1n) is 7.44. The first kappa shape index (κ1) is 16.2. The minimum atomic E-state index is -0.236. The highest BCUT2D eigenvalue weighted by molar-refractivity contribution is 5.22. The van der Waals surface area contributed by atoms with E-state index in [1.165, 1.54) is 11.1 Å². The van der Waals surface area contributed by atoms with Crippen LogP contribution in [0.4, 0.5) is 0 Å². The van der Waals surface area contributed by atoms with E-state index in [-0.39, 0.29) is 6.10 Å². The van der Waals surface area contributed by atoms with Crippen LogP contribution in [-0.4, -0.2) is 17.8 Å². The fourth-order valence-electron chi connectivity index (χ4n) is 2.28. The Hall–Kier alpha value is -0.860. The number of hydrogen-bond acceptors (Lipinski definition) is 2. The highest BCUT2D eigenvalue weighted by Gasteiger charge is 2.06. The summed E-state index contributed by atoms with van der Waals surface area (Å²) >= 11 is 0. The lowest BCUT2D eigenvalue weighted by Crippen LogP contribution is -2.27. The Kier molecular flexibility index (Phi) is 7.11. The minimum absolute atomic E-state index is 0.236. The van der Waals surface area contributed by atoms with Gasteiger partial charge in [0.1, 0.15) is 0 Å². The zero-order valence-corrected chi connectivity index (χ0v) is 12.8. The van der Waals surface area contributed by atoms with Crippen LogP contribution in [0.25, 0.3) is 0 Å². The van der Waals surface area contributed by atoms with Gasteiger partial charge < -0.3 is 10.4 Å². The zero-order valence-electron chi connectivity index (χ0n) is 12.8. The Morgan fingerprint density at radius 3 is 2.05 bits per heavy atom. The van der Waals surface area contributed by atoms with E-state index in [4.69, 9.17) is 0 Å². The number of rotatable bonds is 8. The Balaban J connectivity index is 2.30. The van der Waals surface area contributed by atoms with E-state index in [9.17, 15) is 5.11 Å². The van der Waals surface area contributed by atoms with Crippen molar-refractivity contribution in [3.05, 3.63) is 35.4 Å². The number of benzene rings is 1. The van der Waals surface area contributed by atoms with Crippen LogP contribution in [0.2, 0.25) is 0 Å². The molecule has 2 heteroatoms. The van der Waals surface area contributed by atoms with Gasteiger partial charge in [0.25, 0.3) is 0 Å². The predicted molar refractivity (Wildman–Crippen MR) is 82.2 cm³/mol. The van der Waals surface area contributed by atoms with Crippen LogP contribution in [0.15, 0.2) is 24.3 Å². The average Bonchev–Trinajstić information content (AvgIpc) is 2.29. The number of aliphatic hydroxyl groups excluding tert-OH is 1. The lowest BCUT2D eigenvalue weighted by Gasteiger charge is -2.14. The molecule has 1 aromatic carbocycles. The topological polar surface area (TPSA) is 32.3 Å². The summed E-state index contributed by atoms with van der Waals surface area (Å²) in [4.78, 5) is 0. The number of aliphatic hydroxyl groups is 1. The monoisotopic (exact) mass is 263 g/mol. The average molecular weight is 263 g/mol. The fraction of sp³-hybridized carbons (Fsp3) is 0.647. The summed E-state index contributed by atoms with van der Waals surface area (Å²) in [5.74, 6) is 1.25. The molecule has 1 rings (SSSR count). The SMILES string of the molecule is CC(C)Cc1ccc(CNCC(O)CC(C)C)cc1. The van der Waals surface area contributed by atoms with Gasteiger partial charge in [0.05, 0.1) is 6.10 Å². The molecule has 0 spiro atoms. The van der Waals surface area contributed by atoms with E-state index in [1.807, 2.05) is 0 Å². The van der Waals surface area contributed by atoms with Gasteiger partial charge in [-0.15, -0.1) is 0 Å². The van der Waals surface area contributed by atoms with E-state index in [1.54, 1.807) is 0 Å². The molecule has 108 valence electrons. The molecule has 0 aliphatic carbocycles. The van der Waals surface area contributed by atoms with Gasteiger partial charge in [-0.25, -0.2) is 0 Å². The first-order valence-corrected chi connectivity index (χ1v) is 7.44. The van der Waals surface area contributed by atoms with Crippen molar-refractivity contribution in [3.63, 3.8) is 0 Å². The molecule has 0 radical (unpaired) electrons. The molecule has 19 heavy (non-hydrogen) atoms. The molecule has 2 N–H and O–H groups in total. The molecule has 0 heterocycles. The number of hydrogen-bond donors (Lipinski definition) is 2. The van der Waals surface area contributed by atoms with E-state index >= 15 is 0 Å². The Morgan fingerprint density at radius 1 is 0.947 bits per heavy atom. The second kappa shape index (κ2) is 8.34. The van der Waals surface area contributed by atoms with Gasteiger partial charge in [-0.05, 0) is 35.8 Å². The van der Waals surface area contributed by atoms with Gasteiger partial charge in [0.2, 0.25) is 0 Å². The van der Waals surface area contributed by atoms with Crippen LogP contribution in [0.3, 0.4) is 0 Å². The zero-order chi connectivity index (χ0) is 14.3. The molecule has 0 saturated carbocycles. The summed E-state index contributed by atoms with van der Waals surface area (Å²) in [6.45, 7) is 10.3. The van der Waals surface area contributed by atoms with Crippen LogP contribution in [-0.2, 0) is 13.0 Å². The van der Waals surface area contributed by atoms with Crippen molar-refractivity contribution in [1.82, 2.24) is 5.32 Å². The van der Waals surface area contributed by atoms with Gasteiger partial charge in [0, 0.05) is 13.1 Å². The van der Waals surface area contributed by atoms with Crippen LogP contribution in [0.1, 0.15) is 45.2 Å². The Morgan fingerprint density at radius 2 is 1.53 bits per heavy atom. The van der Waals surface area contributed by atoms with Crippen molar-refractivity contribution in [2.75, 3.05) is 6.54 Å². The molecule has 0 aromatic heterocycles. The maximum Gasteiger partial charge on any atom is 0.0667 e. The first-order chi connectivity index (χ1) is 8.97. The minimum Gasteiger partial charge on any atom is -0.392 e. The summed E-state index contributed by atoms with van der Waals surface area (Å²) in [7, 11) is 0. The van der Waals surface area contributed by atoms with Crippen molar-refractivity contribution in [2.24, 2.45) is 11.8 Å². The van der Waals surface area contributed by atoms with Gasteiger partial charge in [-0.1, -0.05) is 52.0 Å². The third-order valence-corrected chi connectivity index (χ3v) is 3.12. The Bertz CT molecular complexity index is 343. The molecule has 0 amide bonds. The molecule has 1 atom stereocenters. The second-order valence-electron chi connectivity index (χ2n) is 6.33. The van der Waals surface area contributed by atoms with Gasteiger partial charge in [0.15, 0.2) is 0 Å². The van der Waals surface area contributed by atoms with Crippen molar-refractivity contribution >= 4 is 0 Å². The smallest absolute Gasteiger partial charge is 0.0667 e. The molecule has 0 saturated heterocycles. The molecular formula is C17H29NO.